The van der Waals surface area contributed by atoms with Gasteiger partial charge < -0.3 is 10.4 Å². The van der Waals surface area contributed by atoms with Gasteiger partial charge in [0.15, 0.2) is 0 Å². The molecule has 1 aliphatic heterocycles. The average molecular weight is 284 g/mol. The third kappa shape index (κ3) is 4.71. The lowest BCUT2D eigenvalue weighted by molar-refractivity contribution is 0.0259. The van der Waals surface area contributed by atoms with Gasteiger partial charge in [-0.1, -0.05) is 20.8 Å². The van der Waals surface area contributed by atoms with Crippen LogP contribution in [0, 0.1) is 11.8 Å². The lowest BCUT2D eigenvalue weighted by atomic mass is 9.83. The van der Waals surface area contributed by atoms with Crippen molar-refractivity contribution in [1.82, 2.24) is 10.2 Å². The highest BCUT2D eigenvalue weighted by molar-refractivity contribution is 4.91. The third-order valence-corrected chi connectivity index (χ3v) is 5.11. The molecule has 1 fully saturated rings. The van der Waals surface area contributed by atoms with E-state index in [9.17, 15) is 5.11 Å². The summed E-state index contributed by atoms with van der Waals surface area (Å²) in [6.07, 6.45) is 3.46. The molecule has 20 heavy (non-hydrogen) atoms. The molecule has 0 saturated carbocycles. The van der Waals surface area contributed by atoms with Gasteiger partial charge in [-0.2, -0.15) is 0 Å². The van der Waals surface area contributed by atoms with Crippen LogP contribution in [0.3, 0.4) is 0 Å². The van der Waals surface area contributed by atoms with Gasteiger partial charge in [0.25, 0.3) is 0 Å². The Hall–Kier alpha value is -0.120. The second-order valence-electron chi connectivity index (χ2n) is 7.45. The largest absolute Gasteiger partial charge is 0.394 e. The summed E-state index contributed by atoms with van der Waals surface area (Å²) < 4.78 is 0. The Morgan fingerprint density at radius 2 is 2.00 bits per heavy atom. The number of likely N-dealkylation sites (tertiary alicyclic amines) is 1. The van der Waals surface area contributed by atoms with Crippen LogP contribution in [0.25, 0.3) is 0 Å². The van der Waals surface area contributed by atoms with E-state index in [0.717, 1.165) is 31.2 Å². The summed E-state index contributed by atoms with van der Waals surface area (Å²) in [7, 11) is 0. The molecule has 0 aromatic rings. The molecule has 0 aromatic carbocycles. The molecule has 5 atom stereocenters. The number of hydrogen-bond donors (Lipinski definition) is 2. The van der Waals surface area contributed by atoms with Crippen LogP contribution in [0.2, 0.25) is 0 Å². The zero-order chi connectivity index (χ0) is 15.3. The Labute approximate surface area is 126 Å². The van der Waals surface area contributed by atoms with E-state index in [-0.39, 0.29) is 12.1 Å². The highest BCUT2D eigenvalue weighted by atomic mass is 16.3. The molecule has 1 rings (SSSR count). The third-order valence-electron chi connectivity index (χ3n) is 5.11. The fraction of sp³-hybridized carbons (Fsp3) is 1.00. The maximum absolute atomic E-state index is 9.75. The molecule has 0 radical (unpaired) electrons. The van der Waals surface area contributed by atoms with Crippen LogP contribution in [0.1, 0.15) is 60.8 Å². The van der Waals surface area contributed by atoms with Gasteiger partial charge in [-0.25, -0.2) is 0 Å². The molecule has 0 spiro atoms. The predicted molar refractivity (Wildman–Crippen MR) is 87.0 cm³/mol. The van der Waals surface area contributed by atoms with Crippen molar-refractivity contribution in [3.63, 3.8) is 0 Å². The summed E-state index contributed by atoms with van der Waals surface area (Å²) in [5, 5.41) is 13.3. The van der Waals surface area contributed by atoms with Crippen molar-refractivity contribution < 1.29 is 5.11 Å². The minimum Gasteiger partial charge on any atom is -0.394 e. The SMILES string of the molecule is CCCNC(C)(CO)CC(C)N1CC(C)CC(C)C1C. The van der Waals surface area contributed by atoms with Crippen LogP contribution >= 0.6 is 0 Å². The van der Waals surface area contributed by atoms with Gasteiger partial charge in [0.2, 0.25) is 0 Å². The summed E-state index contributed by atoms with van der Waals surface area (Å²) >= 11 is 0. The fourth-order valence-electron chi connectivity index (χ4n) is 3.73. The number of piperidine rings is 1. The molecule has 3 nitrogen and oxygen atoms in total. The van der Waals surface area contributed by atoms with Crippen molar-refractivity contribution in [1.29, 1.82) is 0 Å². The lowest BCUT2D eigenvalue weighted by Gasteiger charge is -2.46. The Balaban J connectivity index is 2.65. The lowest BCUT2D eigenvalue weighted by Crippen LogP contribution is -2.55. The molecule has 120 valence electrons. The van der Waals surface area contributed by atoms with E-state index >= 15 is 0 Å². The summed E-state index contributed by atoms with van der Waals surface area (Å²) in [5.41, 5.74) is -0.154. The van der Waals surface area contributed by atoms with Crippen molar-refractivity contribution in [3.05, 3.63) is 0 Å². The maximum Gasteiger partial charge on any atom is 0.0611 e. The van der Waals surface area contributed by atoms with Gasteiger partial charge in [-0.05, 0) is 58.4 Å². The smallest absolute Gasteiger partial charge is 0.0611 e. The topological polar surface area (TPSA) is 35.5 Å². The number of aliphatic hydroxyl groups excluding tert-OH is 1. The molecule has 1 heterocycles. The standard InChI is InChI=1S/C17H36N2O/c1-7-8-18-17(6,12-20)10-15(4)19-11-13(2)9-14(3)16(19)5/h13-16,18,20H,7-12H2,1-6H3. The van der Waals surface area contributed by atoms with Crippen LogP contribution in [0.5, 0.6) is 0 Å². The van der Waals surface area contributed by atoms with Crippen molar-refractivity contribution in [2.45, 2.75) is 78.4 Å². The van der Waals surface area contributed by atoms with Gasteiger partial charge in [-0.15, -0.1) is 0 Å². The van der Waals surface area contributed by atoms with Crippen molar-refractivity contribution in [2.75, 3.05) is 19.7 Å². The highest BCUT2D eigenvalue weighted by Gasteiger charge is 2.34. The minimum atomic E-state index is -0.154. The normalized spacial score (nSPS) is 32.9. The van der Waals surface area contributed by atoms with E-state index in [1.54, 1.807) is 0 Å². The number of aliphatic hydroxyl groups is 1. The molecule has 0 bridgehead atoms. The van der Waals surface area contributed by atoms with Gasteiger partial charge in [0, 0.05) is 24.2 Å². The first kappa shape index (κ1) is 17.9. The number of hydrogen-bond acceptors (Lipinski definition) is 3. The second-order valence-corrected chi connectivity index (χ2v) is 7.45. The minimum absolute atomic E-state index is 0.154. The monoisotopic (exact) mass is 284 g/mol. The molecule has 1 saturated heterocycles. The van der Waals surface area contributed by atoms with E-state index in [1.165, 1.54) is 13.0 Å². The summed E-state index contributed by atoms with van der Waals surface area (Å²) in [6, 6.07) is 1.16. The number of rotatable bonds is 7. The zero-order valence-electron chi connectivity index (χ0n) is 14.4. The molecule has 0 aliphatic carbocycles. The highest BCUT2D eigenvalue weighted by Crippen LogP contribution is 2.30. The summed E-state index contributed by atoms with van der Waals surface area (Å²) in [5.74, 6) is 1.55. The molecule has 1 aliphatic rings. The molecular formula is C17H36N2O. The molecule has 2 N–H and O–H groups in total. The van der Waals surface area contributed by atoms with Crippen LogP contribution in [0.4, 0.5) is 0 Å². The Bertz CT molecular complexity index is 284. The Kier molecular flexibility index (Phi) is 6.96. The number of nitrogens with zero attached hydrogens (tertiary/aromatic N) is 1. The van der Waals surface area contributed by atoms with Gasteiger partial charge >= 0.3 is 0 Å². The van der Waals surface area contributed by atoms with Crippen LogP contribution in [-0.4, -0.2) is 47.3 Å². The first-order valence-corrected chi connectivity index (χ1v) is 8.44. The Morgan fingerprint density at radius 3 is 2.55 bits per heavy atom. The molecule has 0 amide bonds. The van der Waals surface area contributed by atoms with E-state index in [2.05, 4.69) is 51.8 Å². The fourth-order valence-corrected chi connectivity index (χ4v) is 3.73. The Morgan fingerprint density at radius 1 is 1.35 bits per heavy atom. The van der Waals surface area contributed by atoms with Gasteiger partial charge in [-0.3, -0.25) is 4.90 Å². The molecule has 0 aromatic heterocycles. The second kappa shape index (κ2) is 7.77. The zero-order valence-corrected chi connectivity index (χ0v) is 14.4. The predicted octanol–water partition coefficient (Wildman–Crippen LogP) is 2.88. The molecular weight excluding hydrogens is 248 g/mol. The average Bonchev–Trinajstić information content (AvgIpc) is 2.40. The van der Waals surface area contributed by atoms with Crippen LogP contribution in [0.15, 0.2) is 0 Å². The van der Waals surface area contributed by atoms with Crippen LogP contribution in [-0.2, 0) is 0 Å². The summed E-state index contributed by atoms with van der Waals surface area (Å²) in [6.45, 7) is 16.1. The van der Waals surface area contributed by atoms with Crippen molar-refractivity contribution >= 4 is 0 Å². The quantitative estimate of drug-likeness (QED) is 0.754. The van der Waals surface area contributed by atoms with E-state index in [4.69, 9.17) is 0 Å². The molecule has 5 unspecified atom stereocenters. The molecule has 3 heteroatoms. The van der Waals surface area contributed by atoms with E-state index < -0.39 is 0 Å². The van der Waals surface area contributed by atoms with Crippen molar-refractivity contribution in [3.8, 4) is 0 Å². The van der Waals surface area contributed by atoms with Gasteiger partial charge in [0.1, 0.15) is 0 Å². The van der Waals surface area contributed by atoms with Crippen LogP contribution < -0.4 is 5.32 Å². The van der Waals surface area contributed by atoms with E-state index in [0.29, 0.717) is 12.1 Å². The van der Waals surface area contributed by atoms with Gasteiger partial charge in [0.05, 0.1) is 6.61 Å². The van der Waals surface area contributed by atoms with Crippen molar-refractivity contribution in [2.24, 2.45) is 11.8 Å². The first-order valence-electron chi connectivity index (χ1n) is 8.44. The maximum atomic E-state index is 9.75. The first-order chi connectivity index (χ1) is 9.33. The van der Waals surface area contributed by atoms with E-state index in [1.807, 2.05) is 0 Å². The number of nitrogens with one attached hydrogen (secondary N) is 1. The summed E-state index contributed by atoms with van der Waals surface area (Å²) in [4.78, 5) is 2.65.